The molecule has 0 bridgehead atoms. The largest absolute Gasteiger partial charge is 0.481 e. The minimum absolute atomic E-state index is 0.174. The number of aliphatic carboxylic acids is 1. The van der Waals surface area contributed by atoms with Crippen molar-refractivity contribution < 1.29 is 36.6 Å². The van der Waals surface area contributed by atoms with Crippen molar-refractivity contribution in [3.05, 3.63) is 76.2 Å². The first-order chi connectivity index (χ1) is 24.6. The van der Waals surface area contributed by atoms with Crippen LogP contribution in [0.5, 0.6) is 0 Å². The second-order valence-electron chi connectivity index (χ2n) is 12.7. The summed E-state index contributed by atoms with van der Waals surface area (Å²) < 4.78 is 57.4. The fraction of sp³-hybridized carbons (Fsp3) is 0.512. The van der Waals surface area contributed by atoms with Gasteiger partial charge in [-0.25, -0.2) is 9.97 Å². The van der Waals surface area contributed by atoms with Crippen molar-refractivity contribution in [2.24, 2.45) is 11.3 Å². The number of nitrogen functional groups attached to an aromatic ring is 1. The average Bonchev–Trinajstić information content (AvgIpc) is 3.36. The number of terminal acetylenes is 1. The molecule has 0 radical (unpaired) electrons. The summed E-state index contributed by atoms with van der Waals surface area (Å²) in [6, 6.07) is 7.45. The maximum absolute atomic E-state index is 13.4. The molecule has 53 heavy (non-hydrogen) atoms. The maximum Gasteiger partial charge on any atom is 0.453 e. The number of fused-ring (bicyclic) bond motifs is 1. The fourth-order valence-electron chi connectivity index (χ4n) is 5.15. The van der Waals surface area contributed by atoms with Gasteiger partial charge >= 0.3 is 18.1 Å². The number of hydrogen-bond acceptors (Lipinski definition) is 5. The van der Waals surface area contributed by atoms with Crippen molar-refractivity contribution in [1.82, 2.24) is 9.97 Å². The van der Waals surface area contributed by atoms with Gasteiger partial charge in [0.25, 0.3) is 0 Å². The molecule has 1 aromatic heterocycles. The van der Waals surface area contributed by atoms with E-state index in [1.54, 1.807) is 20.8 Å². The van der Waals surface area contributed by atoms with E-state index in [2.05, 4.69) is 43.9 Å². The molecule has 7 nitrogen and oxygen atoms in total. The second kappa shape index (κ2) is 21.9. The van der Waals surface area contributed by atoms with Crippen molar-refractivity contribution in [3.8, 4) is 12.8 Å². The maximum atomic E-state index is 13.4. The average molecular weight is 751 g/mol. The van der Waals surface area contributed by atoms with Crippen LogP contribution >= 0.6 is 0 Å². The Labute approximate surface area is 313 Å². The number of alkyl halides is 5. The Morgan fingerprint density at radius 2 is 1.60 bits per heavy atom. The topological polar surface area (TPSA) is 118 Å². The van der Waals surface area contributed by atoms with E-state index in [0.717, 1.165) is 16.7 Å². The molecule has 12 heteroatoms. The summed E-state index contributed by atoms with van der Waals surface area (Å²) in [5, 5.41) is 12.5. The third-order valence-electron chi connectivity index (χ3n) is 8.28. The molecule has 1 aliphatic heterocycles. The molecule has 1 unspecified atom stereocenters. The lowest BCUT2D eigenvalue weighted by Gasteiger charge is -2.25. The molecule has 4 N–H and O–H groups in total. The molecule has 2 aromatic rings. The second-order valence-corrected chi connectivity index (χ2v) is 12.7. The van der Waals surface area contributed by atoms with Crippen molar-refractivity contribution >= 4 is 29.1 Å². The van der Waals surface area contributed by atoms with Crippen molar-refractivity contribution in [2.45, 2.75) is 127 Å². The first-order valence-corrected chi connectivity index (χ1v) is 17.7. The molecule has 296 valence electrons. The summed E-state index contributed by atoms with van der Waals surface area (Å²) in [6.45, 7) is 24.7. The highest BCUT2D eigenvalue weighted by Crippen LogP contribution is 2.45. The Balaban J connectivity index is 0. The number of benzene rings is 1. The summed E-state index contributed by atoms with van der Waals surface area (Å²) in [7, 11) is 0. The molecule has 2 heterocycles. The van der Waals surface area contributed by atoms with Gasteiger partial charge in [0.2, 0.25) is 5.91 Å². The molecule has 1 aliphatic rings. The van der Waals surface area contributed by atoms with Gasteiger partial charge in [0.05, 0.1) is 11.0 Å². The molecule has 0 fully saturated rings. The summed E-state index contributed by atoms with van der Waals surface area (Å²) in [6.07, 6.45) is 7.63. The molecule has 1 amide bonds. The van der Waals surface area contributed by atoms with Crippen molar-refractivity contribution in [1.29, 1.82) is 0 Å². The Bertz CT molecular complexity index is 1620. The normalized spacial score (nSPS) is 15.9. The highest BCUT2D eigenvalue weighted by molar-refractivity contribution is 6.09. The van der Waals surface area contributed by atoms with Crippen molar-refractivity contribution in [3.63, 3.8) is 0 Å². The van der Waals surface area contributed by atoms with Gasteiger partial charge in [-0.2, -0.15) is 22.0 Å². The smallest absolute Gasteiger partial charge is 0.453 e. The standard InChI is InChI=1S/C30H38N4O3.C5H7F5.2C2H6.C2H2/c1-9-12-22(18(5)17(3)4)21(10-2)25-32-24(31)23-26(33-25)34-27(35)30(23,8)20-14-11-13-19(15-20)16-29(6,7)28(36)37;1-2-3-4(6,7)5(8,9)10;3*1-2/h9-15,17H,16H2,1-8H3,(H,36,37)(H3,31,32,33,34,35);2-3H2,1H3;2*1-2H3;1-2H/b12-9-,21-10?,22-18-;;;;. The van der Waals surface area contributed by atoms with Gasteiger partial charge in [0, 0.05) is 12.0 Å². The molecular weight excluding hydrogens is 691 g/mol. The fourth-order valence-corrected chi connectivity index (χ4v) is 5.15. The van der Waals surface area contributed by atoms with Crippen LogP contribution in [-0.2, 0) is 21.4 Å². The number of nitrogens with zero attached hydrogens (tertiary/aromatic N) is 2. The van der Waals surface area contributed by atoms with E-state index >= 15 is 0 Å². The highest BCUT2D eigenvalue weighted by Gasteiger charge is 2.56. The van der Waals surface area contributed by atoms with Crippen LogP contribution < -0.4 is 11.1 Å². The van der Waals surface area contributed by atoms with E-state index in [-0.39, 0.29) is 18.1 Å². The zero-order valence-corrected chi connectivity index (χ0v) is 33.5. The van der Waals surface area contributed by atoms with Gasteiger partial charge in [-0.15, -0.1) is 12.8 Å². The Morgan fingerprint density at radius 3 is 2.02 bits per heavy atom. The first kappa shape index (κ1) is 50.6. The van der Waals surface area contributed by atoms with E-state index in [0.29, 0.717) is 35.1 Å². The van der Waals surface area contributed by atoms with Gasteiger partial charge in [-0.05, 0) is 70.6 Å². The van der Waals surface area contributed by atoms with Crippen LogP contribution in [0.3, 0.4) is 0 Å². The van der Waals surface area contributed by atoms with E-state index in [1.807, 2.05) is 84.0 Å². The predicted molar refractivity (Wildman–Crippen MR) is 208 cm³/mol. The molecular formula is C41H59F5N4O3. The molecule has 1 aromatic carbocycles. The molecule has 1 atom stereocenters. The SMILES string of the molecule is C#C.CC.CC.CC=C(C(/C=C\C)=C(/C)C(C)C)c1nc(N)c2c(n1)NC(=O)C2(C)c1cccc(CC(C)(C)C(=O)O)c1.CCCC(F)(F)C(F)(F)F. The van der Waals surface area contributed by atoms with Crippen LogP contribution in [0.15, 0.2) is 53.6 Å². The third-order valence-corrected chi connectivity index (χ3v) is 8.28. The van der Waals surface area contributed by atoms with Crippen LogP contribution in [0.4, 0.5) is 33.6 Å². The minimum Gasteiger partial charge on any atom is -0.481 e. The number of halogens is 5. The highest BCUT2D eigenvalue weighted by atomic mass is 19.4. The van der Waals surface area contributed by atoms with E-state index in [1.165, 1.54) is 12.5 Å². The molecule has 0 saturated carbocycles. The van der Waals surface area contributed by atoms with E-state index in [9.17, 15) is 36.6 Å². The number of allylic oxidation sites excluding steroid dienone is 6. The van der Waals surface area contributed by atoms with Gasteiger partial charge in [0.1, 0.15) is 17.1 Å². The first-order valence-electron chi connectivity index (χ1n) is 17.7. The lowest BCUT2D eigenvalue weighted by Crippen LogP contribution is -2.35. The third kappa shape index (κ3) is 12.5. The van der Waals surface area contributed by atoms with E-state index in [4.69, 9.17) is 10.7 Å². The summed E-state index contributed by atoms with van der Waals surface area (Å²) >= 11 is 0. The monoisotopic (exact) mass is 750 g/mol. The zero-order chi connectivity index (χ0) is 42.1. The summed E-state index contributed by atoms with van der Waals surface area (Å²) in [4.78, 5) is 34.5. The molecule has 0 spiro atoms. The number of aromatic nitrogens is 2. The van der Waals surface area contributed by atoms with E-state index < -0.39 is 35.3 Å². The van der Waals surface area contributed by atoms with Gasteiger partial charge < -0.3 is 16.2 Å². The number of carboxylic acids is 1. The number of rotatable bonds is 10. The molecule has 0 saturated heterocycles. The number of amides is 1. The Kier molecular flexibility index (Phi) is 20.9. The lowest BCUT2D eigenvalue weighted by atomic mass is 9.76. The number of carboxylic acid groups (broad SMARTS) is 1. The number of nitrogens with one attached hydrogen (secondary N) is 1. The van der Waals surface area contributed by atoms with Crippen LogP contribution in [-0.4, -0.2) is 39.0 Å². The molecule has 3 rings (SSSR count). The lowest BCUT2D eigenvalue weighted by molar-refractivity contribution is -0.284. The van der Waals surface area contributed by atoms with Crippen LogP contribution in [0.25, 0.3) is 5.57 Å². The van der Waals surface area contributed by atoms with Crippen molar-refractivity contribution in [2.75, 3.05) is 11.1 Å². The number of nitrogens with two attached hydrogens (primary N) is 1. The predicted octanol–water partition coefficient (Wildman–Crippen LogP) is 11.2. The number of anilines is 2. The Hall–Kier alpha value is -4.53. The zero-order valence-electron chi connectivity index (χ0n) is 33.5. The summed E-state index contributed by atoms with van der Waals surface area (Å²) in [5.74, 6) is -4.23. The number of carbonyl (C=O) groups is 2. The van der Waals surface area contributed by atoms with Crippen LogP contribution in [0, 0.1) is 24.2 Å². The van der Waals surface area contributed by atoms with Gasteiger partial charge in [0.15, 0.2) is 5.82 Å². The van der Waals surface area contributed by atoms with Gasteiger partial charge in [-0.1, -0.05) is 103 Å². The summed E-state index contributed by atoms with van der Waals surface area (Å²) in [5.41, 5.74) is 9.62. The quantitative estimate of drug-likeness (QED) is 0.126. The number of hydrogen-bond donors (Lipinski definition) is 3. The Morgan fingerprint density at radius 1 is 1.06 bits per heavy atom. The van der Waals surface area contributed by atoms with Gasteiger partial charge in [-0.3, -0.25) is 9.59 Å². The number of carbonyl (C=O) groups excluding carboxylic acids is 1. The molecule has 0 aliphatic carbocycles. The van der Waals surface area contributed by atoms with Crippen LogP contribution in [0.1, 0.15) is 125 Å². The van der Waals surface area contributed by atoms with Crippen LogP contribution in [0.2, 0.25) is 0 Å². The minimum atomic E-state index is -5.39.